The number of methoxy groups -OCH3 is 1. The van der Waals surface area contributed by atoms with Crippen molar-refractivity contribution in [1.29, 1.82) is 0 Å². The van der Waals surface area contributed by atoms with Crippen LogP contribution in [0.25, 0.3) is 0 Å². The van der Waals surface area contributed by atoms with Gasteiger partial charge in [0.2, 0.25) is 0 Å². The van der Waals surface area contributed by atoms with Gasteiger partial charge in [-0.2, -0.15) is 0 Å². The van der Waals surface area contributed by atoms with Gasteiger partial charge in [0.15, 0.2) is 0 Å². The van der Waals surface area contributed by atoms with Gasteiger partial charge in [0, 0.05) is 24.1 Å². The van der Waals surface area contributed by atoms with Crippen molar-refractivity contribution in [1.82, 2.24) is 10.2 Å². The molecule has 2 aromatic carbocycles. The Bertz CT molecular complexity index is 835. The van der Waals surface area contributed by atoms with Crippen LogP contribution < -0.4 is 15.4 Å². The Hall–Kier alpha value is -2.54. The molecule has 28 heavy (non-hydrogen) atoms. The summed E-state index contributed by atoms with van der Waals surface area (Å²) in [6, 6.07) is 14.6. The summed E-state index contributed by atoms with van der Waals surface area (Å²) in [5.41, 5.74) is 1.30. The molecule has 7 heteroatoms. The lowest BCUT2D eigenvalue weighted by Gasteiger charge is -2.32. The SMILES string of the molecule is COc1ccccc1NC(=O)N1CCC(CNC(=O)c2ccccc2Br)CC1. The predicted molar refractivity (Wildman–Crippen MR) is 113 cm³/mol. The first-order valence-electron chi connectivity index (χ1n) is 9.30. The standard InChI is InChI=1S/C21H24BrN3O3/c1-28-19-9-5-4-8-18(19)24-21(27)25-12-10-15(11-13-25)14-23-20(26)16-6-2-3-7-17(16)22/h2-9,15H,10-14H2,1H3,(H,23,26)(H,24,27). The molecule has 3 rings (SSSR count). The second-order valence-corrected chi connectivity index (χ2v) is 7.61. The summed E-state index contributed by atoms with van der Waals surface area (Å²) in [6.07, 6.45) is 1.71. The fourth-order valence-electron chi connectivity index (χ4n) is 3.26. The molecule has 0 radical (unpaired) electrons. The van der Waals surface area contributed by atoms with Gasteiger partial charge in [0.25, 0.3) is 5.91 Å². The van der Waals surface area contributed by atoms with Gasteiger partial charge in [-0.1, -0.05) is 24.3 Å². The van der Waals surface area contributed by atoms with Crippen LogP contribution in [0.15, 0.2) is 53.0 Å². The van der Waals surface area contributed by atoms with Gasteiger partial charge in [-0.15, -0.1) is 0 Å². The van der Waals surface area contributed by atoms with E-state index in [0.29, 0.717) is 42.6 Å². The summed E-state index contributed by atoms with van der Waals surface area (Å²) < 4.78 is 6.06. The number of urea groups is 1. The zero-order valence-electron chi connectivity index (χ0n) is 15.8. The lowest BCUT2D eigenvalue weighted by molar-refractivity contribution is 0.0938. The number of ether oxygens (including phenoxy) is 1. The van der Waals surface area contributed by atoms with Crippen molar-refractivity contribution in [3.05, 3.63) is 58.6 Å². The first-order valence-corrected chi connectivity index (χ1v) is 10.1. The van der Waals surface area contributed by atoms with E-state index in [0.717, 1.165) is 17.3 Å². The van der Waals surface area contributed by atoms with E-state index in [1.165, 1.54) is 0 Å². The molecule has 0 aromatic heterocycles. The van der Waals surface area contributed by atoms with Gasteiger partial charge >= 0.3 is 6.03 Å². The molecule has 1 fully saturated rings. The summed E-state index contributed by atoms with van der Waals surface area (Å²) in [5.74, 6) is 0.922. The molecule has 1 saturated heterocycles. The van der Waals surface area contributed by atoms with Crippen LogP contribution in [-0.2, 0) is 0 Å². The van der Waals surface area contributed by atoms with E-state index in [4.69, 9.17) is 4.74 Å². The molecule has 3 amide bonds. The minimum Gasteiger partial charge on any atom is -0.495 e. The highest BCUT2D eigenvalue weighted by Gasteiger charge is 2.24. The number of hydrogen-bond donors (Lipinski definition) is 2. The molecule has 0 unspecified atom stereocenters. The fraction of sp³-hybridized carbons (Fsp3) is 0.333. The molecule has 0 saturated carbocycles. The van der Waals surface area contributed by atoms with Crippen LogP contribution in [0.2, 0.25) is 0 Å². The Balaban J connectivity index is 1.46. The number of rotatable bonds is 5. The van der Waals surface area contributed by atoms with Crippen molar-refractivity contribution < 1.29 is 14.3 Å². The number of amides is 3. The summed E-state index contributed by atoms with van der Waals surface area (Å²) in [7, 11) is 1.58. The number of para-hydroxylation sites is 2. The second-order valence-electron chi connectivity index (χ2n) is 6.75. The van der Waals surface area contributed by atoms with Gasteiger partial charge in [-0.05, 0) is 59.0 Å². The Kier molecular flexibility index (Phi) is 6.92. The molecule has 1 aliphatic rings. The molecule has 1 heterocycles. The second kappa shape index (κ2) is 9.59. The zero-order chi connectivity index (χ0) is 19.9. The summed E-state index contributed by atoms with van der Waals surface area (Å²) in [5, 5.41) is 5.91. The highest BCUT2D eigenvalue weighted by atomic mass is 79.9. The lowest BCUT2D eigenvalue weighted by Crippen LogP contribution is -2.43. The number of carbonyl (C=O) groups excluding carboxylic acids is 2. The number of nitrogens with one attached hydrogen (secondary N) is 2. The Labute approximate surface area is 173 Å². The first-order chi connectivity index (χ1) is 13.6. The number of piperidine rings is 1. The van der Waals surface area contributed by atoms with E-state index in [-0.39, 0.29) is 11.9 Å². The molecular weight excluding hydrogens is 422 g/mol. The Morgan fingerprint density at radius 1 is 1.11 bits per heavy atom. The van der Waals surface area contributed by atoms with Crippen LogP contribution in [0.1, 0.15) is 23.2 Å². The van der Waals surface area contributed by atoms with Crippen molar-refractivity contribution in [2.45, 2.75) is 12.8 Å². The van der Waals surface area contributed by atoms with Crippen LogP contribution in [-0.4, -0.2) is 43.6 Å². The molecular formula is C21H24BrN3O3. The zero-order valence-corrected chi connectivity index (χ0v) is 17.4. The third kappa shape index (κ3) is 5.04. The van der Waals surface area contributed by atoms with E-state index >= 15 is 0 Å². The molecule has 1 aliphatic heterocycles. The first kappa shape index (κ1) is 20.2. The summed E-state index contributed by atoms with van der Waals surface area (Å²) in [4.78, 5) is 26.6. The predicted octanol–water partition coefficient (Wildman–Crippen LogP) is 4.13. The van der Waals surface area contributed by atoms with Crippen LogP contribution in [0.4, 0.5) is 10.5 Å². The summed E-state index contributed by atoms with van der Waals surface area (Å²) in [6.45, 7) is 1.94. The molecule has 2 N–H and O–H groups in total. The van der Waals surface area contributed by atoms with Gasteiger partial charge in [-0.25, -0.2) is 4.79 Å². The average Bonchev–Trinajstić information content (AvgIpc) is 2.73. The van der Waals surface area contributed by atoms with E-state index in [1.54, 1.807) is 18.1 Å². The Morgan fingerprint density at radius 2 is 1.79 bits per heavy atom. The molecule has 6 nitrogen and oxygen atoms in total. The van der Waals surface area contributed by atoms with Gasteiger partial charge < -0.3 is 20.3 Å². The molecule has 148 valence electrons. The largest absolute Gasteiger partial charge is 0.495 e. The van der Waals surface area contributed by atoms with Gasteiger partial charge in [0.1, 0.15) is 5.75 Å². The van der Waals surface area contributed by atoms with Crippen molar-refractivity contribution in [2.24, 2.45) is 5.92 Å². The third-order valence-electron chi connectivity index (χ3n) is 4.92. The smallest absolute Gasteiger partial charge is 0.321 e. The molecule has 0 atom stereocenters. The molecule has 0 aliphatic carbocycles. The Morgan fingerprint density at radius 3 is 2.50 bits per heavy atom. The van der Waals surface area contributed by atoms with Crippen molar-refractivity contribution in [3.63, 3.8) is 0 Å². The number of benzene rings is 2. The number of anilines is 1. The van der Waals surface area contributed by atoms with Crippen molar-refractivity contribution in [3.8, 4) is 5.75 Å². The highest BCUT2D eigenvalue weighted by molar-refractivity contribution is 9.10. The minimum atomic E-state index is -0.125. The van der Waals surface area contributed by atoms with Crippen molar-refractivity contribution in [2.75, 3.05) is 32.1 Å². The highest BCUT2D eigenvalue weighted by Crippen LogP contribution is 2.24. The number of nitrogens with zero attached hydrogens (tertiary/aromatic N) is 1. The maximum Gasteiger partial charge on any atom is 0.321 e. The van der Waals surface area contributed by atoms with E-state index in [9.17, 15) is 9.59 Å². The number of halogens is 1. The van der Waals surface area contributed by atoms with E-state index < -0.39 is 0 Å². The topological polar surface area (TPSA) is 70.7 Å². The maximum atomic E-state index is 12.5. The van der Waals surface area contributed by atoms with Crippen LogP contribution in [0.5, 0.6) is 5.75 Å². The number of hydrogen-bond acceptors (Lipinski definition) is 3. The van der Waals surface area contributed by atoms with Crippen LogP contribution in [0, 0.1) is 5.92 Å². The third-order valence-corrected chi connectivity index (χ3v) is 5.61. The molecule has 0 bridgehead atoms. The molecule has 2 aromatic rings. The summed E-state index contributed by atoms with van der Waals surface area (Å²) >= 11 is 3.40. The fourth-order valence-corrected chi connectivity index (χ4v) is 3.72. The number of carbonyl (C=O) groups is 2. The normalized spacial score (nSPS) is 14.4. The monoisotopic (exact) mass is 445 g/mol. The molecule has 0 spiro atoms. The minimum absolute atomic E-state index is 0.0798. The van der Waals surface area contributed by atoms with Crippen LogP contribution in [0.3, 0.4) is 0 Å². The average molecular weight is 446 g/mol. The van der Waals surface area contributed by atoms with E-state index in [2.05, 4.69) is 26.6 Å². The lowest BCUT2D eigenvalue weighted by atomic mass is 9.97. The quantitative estimate of drug-likeness (QED) is 0.726. The number of likely N-dealkylation sites (tertiary alicyclic amines) is 1. The van der Waals surface area contributed by atoms with Gasteiger partial charge in [0.05, 0.1) is 18.4 Å². The maximum absolute atomic E-state index is 12.5. The van der Waals surface area contributed by atoms with E-state index in [1.807, 2.05) is 42.5 Å². The van der Waals surface area contributed by atoms with Crippen molar-refractivity contribution >= 4 is 33.6 Å². The van der Waals surface area contributed by atoms with Gasteiger partial charge in [-0.3, -0.25) is 4.79 Å². The van der Waals surface area contributed by atoms with Crippen LogP contribution >= 0.6 is 15.9 Å².